The Bertz CT molecular complexity index is 497. The van der Waals surface area contributed by atoms with Gasteiger partial charge in [0, 0.05) is 18.8 Å². The number of hydrogen-bond acceptors (Lipinski definition) is 6. The van der Waals surface area contributed by atoms with Gasteiger partial charge >= 0.3 is 0 Å². The molecule has 0 aliphatic carbocycles. The Hall–Kier alpha value is -1.56. The fourth-order valence-electron chi connectivity index (χ4n) is 1.11. The zero-order chi connectivity index (χ0) is 11.5. The van der Waals surface area contributed by atoms with Gasteiger partial charge in [0.2, 0.25) is 5.95 Å². The summed E-state index contributed by atoms with van der Waals surface area (Å²) in [6, 6.07) is 0. The smallest absolute Gasteiger partial charge is 0.262 e. The standard InChI is InChI=1S/C10H12N4OS/c1-6-4-12-9(11-3)14-8(6)16-10-13-7(2)5-15-10/h4-5H,1-3H3,(H,11,12,14). The fraction of sp³-hybridized carbons (Fsp3) is 0.300. The molecule has 0 saturated heterocycles. The van der Waals surface area contributed by atoms with Crippen molar-refractivity contribution < 1.29 is 4.42 Å². The number of anilines is 1. The molecule has 0 fully saturated rings. The average molecular weight is 236 g/mol. The molecule has 0 bridgehead atoms. The van der Waals surface area contributed by atoms with Crippen LogP contribution in [0.1, 0.15) is 11.3 Å². The van der Waals surface area contributed by atoms with Gasteiger partial charge in [-0.05, 0) is 25.6 Å². The zero-order valence-electron chi connectivity index (χ0n) is 9.31. The summed E-state index contributed by atoms with van der Waals surface area (Å²) in [7, 11) is 1.79. The number of aromatic nitrogens is 3. The van der Waals surface area contributed by atoms with Crippen LogP contribution in [0, 0.1) is 13.8 Å². The van der Waals surface area contributed by atoms with Gasteiger partial charge in [-0.3, -0.25) is 0 Å². The summed E-state index contributed by atoms with van der Waals surface area (Å²) >= 11 is 1.40. The molecule has 0 saturated carbocycles. The number of hydrogen-bond donors (Lipinski definition) is 1. The van der Waals surface area contributed by atoms with Gasteiger partial charge in [-0.2, -0.15) is 0 Å². The van der Waals surface area contributed by atoms with Crippen LogP contribution in [0.3, 0.4) is 0 Å². The molecule has 2 rings (SSSR count). The van der Waals surface area contributed by atoms with Gasteiger partial charge in [0.05, 0.1) is 5.69 Å². The zero-order valence-corrected chi connectivity index (χ0v) is 10.1. The van der Waals surface area contributed by atoms with Crippen LogP contribution in [0.2, 0.25) is 0 Å². The van der Waals surface area contributed by atoms with E-state index < -0.39 is 0 Å². The van der Waals surface area contributed by atoms with Gasteiger partial charge in [0.1, 0.15) is 11.3 Å². The summed E-state index contributed by atoms with van der Waals surface area (Å²) in [5.74, 6) is 0.594. The molecule has 0 atom stereocenters. The van der Waals surface area contributed by atoms with Crippen LogP contribution >= 0.6 is 11.8 Å². The Kier molecular flexibility index (Phi) is 3.09. The van der Waals surface area contributed by atoms with E-state index in [0.717, 1.165) is 16.3 Å². The lowest BCUT2D eigenvalue weighted by atomic mass is 10.4. The molecule has 5 nitrogen and oxygen atoms in total. The van der Waals surface area contributed by atoms with Crippen molar-refractivity contribution in [2.75, 3.05) is 12.4 Å². The van der Waals surface area contributed by atoms with Crippen LogP contribution in [-0.2, 0) is 0 Å². The van der Waals surface area contributed by atoms with Crippen molar-refractivity contribution in [1.82, 2.24) is 15.0 Å². The number of oxazole rings is 1. The topological polar surface area (TPSA) is 63.8 Å². The normalized spacial score (nSPS) is 10.4. The van der Waals surface area contributed by atoms with Gasteiger partial charge in [-0.15, -0.1) is 0 Å². The Morgan fingerprint density at radius 2 is 2.12 bits per heavy atom. The molecule has 0 amide bonds. The quantitative estimate of drug-likeness (QED) is 0.825. The number of nitrogens with zero attached hydrogens (tertiary/aromatic N) is 3. The molecular weight excluding hydrogens is 224 g/mol. The lowest BCUT2D eigenvalue weighted by Crippen LogP contribution is -1.98. The molecule has 2 aromatic rings. The minimum atomic E-state index is 0.594. The van der Waals surface area contributed by atoms with Crippen LogP contribution in [0.5, 0.6) is 0 Å². The third kappa shape index (κ3) is 2.33. The molecule has 0 aliphatic rings. The number of nitrogens with one attached hydrogen (secondary N) is 1. The summed E-state index contributed by atoms with van der Waals surface area (Å²) in [5, 5.41) is 4.35. The predicted octanol–water partition coefficient (Wildman–Crippen LogP) is 2.27. The highest BCUT2D eigenvalue weighted by Gasteiger charge is 2.09. The molecular formula is C10H12N4OS. The highest BCUT2D eigenvalue weighted by atomic mass is 32.2. The maximum absolute atomic E-state index is 5.27. The van der Waals surface area contributed by atoms with Crippen molar-refractivity contribution in [2.24, 2.45) is 0 Å². The maximum Gasteiger partial charge on any atom is 0.262 e. The second-order valence-corrected chi connectivity index (χ2v) is 4.23. The molecule has 16 heavy (non-hydrogen) atoms. The average Bonchev–Trinajstić information content (AvgIpc) is 2.67. The van der Waals surface area contributed by atoms with Crippen LogP contribution < -0.4 is 5.32 Å². The minimum absolute atomic E-state index is 0.594. The van der Waals surface area contributed by atoms with Gasteiger partial charge in [-0.25, -0.2) is 15.0 Å². The van der Waals surface area contributed by atoms with E-state index in [2.05, 4.69) is 20.3 Å². The molecule has 0 aromatic carbocycles. The van der Waals surface area contributed by atoms with Gasteiger partial charge in [0.15, 0.2) is 0 Å². The summed E-state index contributed by atoms with van der Waals surface area (Å²) < 4.78 is 5.27. The summed E-state index contributed by atoms with van der Waals surface area (Å²) in [6.07, 6.45) is 3.40. The van der Waals surface area contributed by atoms with E-state index in [1.54, 1.807) is 19.5 Å². The van der Waals surface area contributed by atoms with Gasteiger partial charge in [-0.1, -0.05) is 0 Å². The van der Waals surface area contributed by atoms with Crippen LogP contribution in [-0.4, -0.2) is 22.0 Å². The highest BCUT2D eigenvalue weighted by molar-refractivity contribution is 7.99. The lowest BCUT2D eigenvalue weighted by molar-refractivity contribution is 0.453. The maximum atomic E-state index is 5.27. The van der Waals surface area contributed by atoms with E-state index in [1.807, 2.05) is 13.8 Å². The molecule has 2 heterocycles. The largest absolute Gasteiger partial charge is 0.439 e. The summed E-state index contributed by atoms with van der Waals surface area (Å²) in [4.78, 5) is 12.7. The molecule has 0 aliphatic heterocycles. The van der Waals surface area contributed by atoms with Crippen molar-refractivity contribution >= 4 is 17.7 Å². The number of aryl methyl sites for hydroxylation is 2. The van der Waals surface area contributed by atoms with Crippen molar-refractivity contribution in [2.45, 2.75) is 24.1 Å². The first-order chi connectivity index (χ1) is 7.69. The van der Waals surface area contributed by atoms with Crippen LogP contribution in [0.4, 0.5) is 5.95 Å². The van der Waals surface area contributed by atoms with Gasteiger partial charge < -0.3 is 9.73 Å². The first-order valence-corrected chi connectivity index (χ1v) is 5.62. The molecule has 84 valence electrons. The van der Waals surface area contributed by atoms with E-state index in [4.69, 9.17) is 4.42 Å². The molecule has 0 unspecified atom stereocenters. The third-order valence-electron chi connectivity index (χ3n) is 1.93. The lowest BCUT2D eigenvalue weighted by Gasteiger charge is -2.03. The summed E-state index contributed by atoms with van der Waals surface area (Å²) in [5.41, 5.74) is 1.86. The first-order valence-electron chi connectivity index (χ1n) is 4.80. The third-order valence-corrected chi connectivity index (χ3v) is 2.90. The van der Waals surface area contributed by atoms with Crippen molar-refractivity contribution in [3.8, 4) is 0 Å². The Morgan fingerprint density at radius 3 is 2.75 bits per heavy atom. The molecule has 1 N–H and O–H groups in total. The van der Waals surface area contributed by atoms with E-state index in [0.29, 0.717) is 11.2 Å². The van der Waals surface area contributed by atoms with Crippen LogP contribution in [0.15, 0.2) is 27.1 Å². The van der Waals surface area contributed by atoms with E-state index in [9.17, 15) is 0 Å². The molecule has 0 radical (unpaired) electrons. The van der Waals surface area contributed by atoms with E-state index in [1.165, 1.54) is 11.8 Å². The number of rotatable bonds is 3. The molecule has 2 aromatic heterocycles. The monoisotopic (exact) mass is 236 g/mol. The van der Waals surface area contributed by atoms with Crippen molar-refractivity contribution in [3.05, 3.63) is 23.7 Å². The van der Waals surface area contributed by atoms with Crippen LogP contribution in [0.25, 0.3) is 0 Å². The predicted molar refractivity (Wildman–Crippen MR) is 61.7 cm³/mol. The Labute approximate surface area is 97.7 Å². The van der Waals surface area contributed by atoms with E-state index >= 15 is 0 Å². The SMILES string of the molecule is CNc1ncc(C)c(Sc2nc(C)co2)n1. The highest BCUT2D eigenvalue weighted by Crippen LogP contribution is 2.27. The summed E-state index contributed by atoms with van der Waals surface area (Å²) in [6.45, 7) is 3.84. The van der Waals surface area contributed by atoms with E-state index in [-0.39, 0.29) is 0 Å². The second-order valence-electron chi connectivity index (χ2n) is 3.29. The second kappa shape index (κ2) is 4.52. The fourth-order valence-corrected chi connectivity index (χ4v) is 1.91. The van der Waals surface area contributed by atoms with Crippen molar-refractivity contribution in [1.29, 1.82) is 0 Å². The molecule has 0 spiro atoms. The van der Waals surface area contributed by atoms with Gasteiger partial charge in [0.25, 0.3) is 5.22 Å². The Morgan fingerprint density at radius 1 is 1.31 bits per heavy atom. The first kappa shape index (κ1) is 10.9. The van der Waals surface area contributed by atoms with Crippen molar-refractivity contribution in [3.63, 3.8) is 0 Å². The minimum Gasteiger partial charge on any atom is -0.439 e. The molecule has 6 heteroatoms. The Balaban J connectivity index is 2.26.